The van der Waals surface area contributed by atoms with E-state index in [1.54, 1.807) is 34.6 Å². The first-order valence-corrected chi connectivity index (χ1v) is 35.1. The normalized spacial score (nSPS) is 25.8. The summed E-state index contributed by atoms with van der Waals surface area (Å²) < 4.78 is 6.17. The van der Waals surface area contributed by atoms with E-state index in [0.29, 0.717) is 25.9 Å². The average molecular weight is 1380 g/mol. The van der Waals surface area contributed by atoms with Gasteiger partial charge < -0.3 is 75.8 Å². The molecule has 97 heavy (non-hydrogen) atoms. The number of hydrogen-bond acceptors (Lipinski definition) is 15. The van der Waals surface area contributed by atoms with E-state index >= 15 is 28.8 Å². The third kappa shape index (κ3) is 27.4. The van der Waals surface area contributed by atoms with Crippen LogP contribution in [0.3, 0.4) is 0 Å². The number of allylic oxidation sites excluding steroid dienone is 2. The van der Waals surface area contributed by atoms with Gasteiger partial charge in [-0.25, -0.2) is 0 Å². The molecule has 0 bridgehead atoms. The highest BCUT2D eigenvalue weighted by molar-refractivity contribution is 6.00. The second-order valence-corrected chi connectivity index (χ2v) is 30.6. The Hall–Kier alpha value is -6.25. The lowest BCUT2D eigenvalue weighted by molar-refractivity contribution is -0.156. The van der Waals surface area contributed by atoms with E-state index in [1.165, 1.54) is 102 Å². The molecule has 558 valence electrons. The van der Waals surface area contributed by atoms with E-state index in [4.69, 9.17) is 4.74 Å². The number of carbonyl (C=O) groups is 11. The standard InChI is InChI=1S/C71H130N12O14/c1-27-29-31-47(13)37-52-61(87)75-50(28-2)64(90)82(25)56(39-97-33-30-32-72-40-70(16,17)41-84)67(93)81(24)55(38-71(18,19)96)62(88)76-57(45(9)10)68(94)77(20)51(34-42(3)4)60(86)73-48(14)59(85)74-49(15)63(89)79(22)53(35-43(5)6)65(91)80(23)54(36-44(7)8)66(92)83(26)58(46(11)12)69(95)78(52)21/h27,29,42-58,72,84,96H,28,30-41H2,1-26H3,(H,73,86)(H,74,85)(H,75,87)(H,76,88)/b29-27+/t47-,48-,49+,50+,51-,52+,53+,54+,55+,56-,57-,58+/m1/s1. The number of nitrogens with zero attached hydrogens (tertiary/aromatic N) is 7. The highest BCUT2D eigenvalue weighted by Gasteiger charge is 2.45. The second-order valence-electron chi connectivity index (χ2n) is 30.6. The van der Waals surface area contributed by atoms with Crippen LogP contribution in [0, 0.1) is 40.9 Å². The number of aliphatic hydroxyl groups excluding tert-OH is 1. The number of ether oxygens (including phenoxy) is 1. The van der Waals surface area contributed by atoms with Gasteiger partial charge in [-0.2, -0.15) is 0 Å². The Labute approximate surface area is 581 Å². The second kappa shape index (κ2) is 40.7. The number of nitrogens with one attached hydrogen (secondary N) is 5. The fraction of sp³-hybridized carbons (Fsp3) is 0.817. The summed E-state index contributed by atoms with van der Waals surface area (Å²) in [5, 5.41) is 35.6. The van der Waals surface area contributed by atoms with Crippen molar-refractivity contribution >= 4 is 65.0 Å². The predicted molar refractivity (Wildman–Crippen MR) is 377 cm³/mol. The molecule has 26 heteroatoms. The minimum atomic E-state index is -1.61. The molecule has 11 amide bonds. The average Bonchev–Trinajstić information content (AvgIpc) is 0.831. The van der Waals surface area contributed by atoms with Gasteiger partial charge in [-0.1, -0.05) is 109 Å². The number of rotatable bonds is 24. The number of carbonyl (C=O) groups excluding carboxylic acids is 11. The van der Waals surface area contributed by atoms with Crippen LogP contribution in [0.15, 0.2) is 12.2 Å². The molecule has 12 atom stereocenters. The van der Waals surface area contributed by atoms with E-state index in [9.17, 15) is 34.2 Å². The van der Waals surface area contributed by atoms with Crippen molar-refractivity contribution < 1.29 is 67.7 Å². The minimum Gasteiger partial charge on any atom is -0.396 e. The molecule has 1 heterocycles. The first kappa shape index (κ1) is 88.8. The van der Waals surface area contributed by atoms with Gasteiger partial charge >= 0.3 is 0 Å². The quantitative estimate of drug-likeness (QED) is 0.0534. The number of aliphatic hydroxyl groups is 2. The van der Waals surface area contributed by atoms with Gasteiger partial charge in [-0.05, 0) is 122 Å². The Morgan fingerprint density at radius 1 is 0.515 bits per heavy atom. The van der Waals surface area contributed by atoms with Crippen molar-refractivity contribution in [1.29, 1.82) is 0 Å². The first-order chi connectivity index (χ1) is 44.7. The number of amides is 11. The van der Waals surface area contributed by atoms with Crippen molar-refractivity contribution in [2.24, 2.45) is 40.9 Å². The zero-order valence-electron chi connectivity index (χ0n) is 64.1. The highest BCUT2D eigenvalue weighted by Crippen LogP contribution is 2.26. The molecule has 26 nitrogen and oxygen atoms in total. The summed E-state index contributed by atoms with van der Waals surface area (Å²) in [4.78, 5) is 173. The van der Waals surface area contributed by atoms with E-state index in [0.717, 1.165) is 9.80 Å². The summed E-state index contributed by atoms with van der Waals surface area (Å²) in [6, 6.07) is -14.0. The van der Waals surface area contributed by atoms with Gasteiger partial charge in [0.05, 0.1) is 12.2 Å². The maximum absolute atomic E-state index is 15.4. The largest absolute Gasteiger partial charge is 0.396 e. The van der Waals surface area contributed by atoms with Crippen LogP contribution in [-0.2, 0) is 57.5 Å². The van der Waals surface area contributed by atoms with Crippen LogP contribution in [-0.4, -0.2) is 264 Å². The fourth-order valence-electron chi connectivity index (χ4n) is 11.9. The fourth-order valence-corrected chi connectivity index (χ4v) is 11.9. The van der Waals surface area contributed by atoms with Crippen molar-refractivity contribution in [2.75, 3.05) is 82.2 Å². The van der Waals surface area contributed by atoms with Gasteiger partial charge in [0, 0.05) is 80.9 Å². The van der Waals surface area contributed by atoms with Crippen molar-refractivity contribution in [1.82, 2.24) is 60.9 Å². The van der Waals surface area contributed by atoms with Crippen molar-refractivity contribution in [3.05, 3.63) is 12.2 Å². The molecule has 1 saturated heterocycles. The summed E-state index contributed by atoms with van der Waals surface area (Å²) in [5.74, 6) is -9.44. The molecule has 0 aromatic heterocycles. The summed E-state index contributed by atoms with van der Waals surface area (Å²) in [7, 11) is 10.0. The zero-order chi connectivity index (χ0) is 75.1. The van der Waals surface area contributed by atoms with E-state index < -0.39 is 161 Å². The van der Waals surface area contributed by atoms with Crippen molar-refractivity contribution in [3.8, 4) is 0 Å². The van der Waals surface area contributed by atoms with Gasteiger partial charge in [0.2, 0.25) is 65.0 Å². The van der Waals surface area contributed by atoms with Crippen LogP contribution in [0.1, 0.15) is 183 Å². The van der Waals surface area contributed by atoms with Crippen LogP contribution >= 0.6 is 0 Å². The summed E-state index contributed by atoms with van der Waals surface area (Å²) in [6.45, 7) is 33.8. The van der Waals surface area contributed by atoms with Crippen molar-refractivity contribution in [3.63, 3.8) is 0 Å². The predicted octanol–water partition coefficient (Wildman–Crippen LogP) is 3.80. The summed E-state index contributed by atoms with van der Waals surface area (Å²) in [5.41, 5.74) is -2.00. The molecule has 1 rings (SSSR count). The highest BCUT2D eigenvalue weighted by atomic mass is 16.5. The maximum atomic E-state index is 15.4. The monoisotopic (exact) mass is 1370 g/mol. The molecule has 0 spiro atoms. The molecule has 1 aliphatic heterocycles. The topological polar surface area (TPSA) is 320 Å². The molecular formula is C71H130N12O14. The van der Waals surface area contributed by atoms with Crippen molar-refractivity contribution in [2.45, 2.75) is 255 Å². The Bertz CT molecular complexity index is 2630. The zero-order valence-corrected chi connectivity index (χ0v) is 64.1. The van der Waals surface area contributed by atoms with Crippen LogP contribution in [0.4, 0.5) is 0 Å². The molecular weight excluding hydrogens is 1240 g/mol. The van der Waals surface area contributed by atoms with Crippen LogP contribution in [0.2, 0.25) is 0 Å². The maximum Gasteiger partial charge on any atom is 0.248 e. The molecule has 0 aromatic carbocycles. The molecule has 0 radical (unpaired) electrons. The molecule has 1 aliphatic rings. The Morgan fingerprint density at radius 2 is 0.948 bits per heavy atom. The van der Waals surface area contributed by atoms with Gasteiger partial charge in [0.1, 0.15) is 66.5 Å². The number of likely N-dealkylation sites (N-methyl/N-ethyl adjacent to an activating group) is 7. The van der Waals surface area contributed by atoms with Gasteiger partial charge in [0.25, 0.3) is 0 Å². The summed E-state index contributed by atoms with van der Waals surface area (Å²) in [6.07, 6.45) is 4.98. The lowest BCUT2D eigenvalue weighted by atomic mass is 9.93. The Balaban J connectivity index is 4.52. The Kier molecular flexibility index (Phi) is 37.3. The van der Waals surface area contributed by atoms with Crippen LogP contribution in [0.25, 0.3) is 0 Å². The lowest BCUT2D eigenvalue weighted by Crippen LogP contribution is -2.62. The molecule has 0 saturated carbocycles. The number of hydrogen-bond donors (Lipinski definition) is 7. The molecule has 7 N–H and O–H groups in total. The van der Waals surface area contributed by atoms with E-state index in [2.05, 4.69) is 26.6 Å². The van der Waals surface area contributed by atoms with E-state index in [1.807, 2.05) is 81.4 Å². The SMILES string of the molecule is C/C=C/C[C@@H](C)C[C@H]1C(=O)N[C@@H](CC)C(=O)N(C)[C@H](COCCCNCC(C)(C)CO)C(=O)N(C)[C@@H](CC(C)(C)O)C(=O)N[C@H](C(C)C)C(=O)N(C)[C@H](CC(C)C)C(=O)N[C@H](C)C(=O)N[C@@H](C)C(=O)N(C)[C@@H](CC(C)C)C(=O)N(C)[C@@H](CC(C)C)C(=O)N(C)[C@@H](C(C)C)C(=O)N1C. The third-order valence-electron chi connectivity index (χ3n) is 18.2. The molecule has 1 fully saturated rings. The molecule has 0 aliphatic carbocycles. The minimum absolute atomic E-state index is 0.00768. The Morgan fingerprint density at radius 3 is 1.43 bits per heavy atom. The first-order valence-electron chi connectivity index (χ1n) is 35.1. The van der Waals surface area contributed by atoms with Gasteiger partial charge in [-0.15, -0.1) is 0 Å². The smallest absolute Gasteiger partial charge is 0.248 e. The molecule has 0 aromatic rings. The van der Waals surface area contributed by atoms with Crippen LogP contribution < -0.4 is 26.6 Å². The van der Waals surface area contributed by atoms with Gasteiger partial charge in [0.15, 0.2) is 0 Å². The van der Waals surface area contributed by atoms with E-state index in [-0.39, 0.29) is 75.4 Å². The summed E-state index contributed by atoms with van der Waals surface area (Å²) >= 11 is 0. The van der Waals surface area contributed by atoms with Crippen LogP contribution in [0.5, 0.6) is 0 Å². The lowest BCUT2D eigenvalue weighted by Gasteiger charge is -2.41. The molecule has 0 unspecified atom stereocenters. The van der Waals surface area contributed by atoms with Gasteiger partial charge in [-0.3, -0.25) is 52.7 Å². The third-order valence-corrected chi connectivity index (χ3v) is 18.2.